The molecule has 22 heavy (non-hydrogen) atoms. The van der Waals surface area contributed by atoms with Crippen LogP contribution in [0.15, 0.2) is 60.7 Å². The molecule has 0 aromatic heterocycles. The van der Waals surface area contributed by atoms with Gasteiger partial charge in [-0.3, -0.25) is 14.4 Å². The molecule has 0 bridgehead atoms. The van der Waals surface area contributed by atoms with E-state index in [9.17, 15) is 14.4 Å². The number of ether oxygens (including phenoxy) is 1. The summed E-state index contributed by atoms with van der Waals surface area (Å²) in [5.74, 6) is -1.95. The summed E-state index contributed by atoms with van der Waals surface area (Å²) in [5, 5.41) is 2.56. The SMILES string of the molecule is CC(=O)OC(C(=O)Nc1ccccc1)C(=O)c1ccccc1. The minimum atomic E-state index is -1.51. The highest BCUT2D eigenvalue weighted by atomic mass is 16.5. The molecular formula is C17H15NO4. The van der Waals surface area contributed by atoms with Gasteiger partial charge in [-0.15, -0.1) is 0 Å². The Morgan fingerprint density at radius 2 is 1.45 bits per heavy atom. The zero-order valence-corrected chi connectivity index (χ0v) is 12.0. The standard InChI is InChI=1S/C17H15NO4/c1-12(19)22-16(15(20)13-8-4-2-5-9-13)17(21)18-14-10-6-3-7-11-14/h2-11,16H,1H3,(H,18,21). The number of hydrogen-bond acceptors (Lipinski definition) is 4. The van der Waals surface area contributed by atoms with Gasteiger partial charge in [0.2, 0.25) is 11.9 Å². The van der Waals surface area contributed by atoms with E-state index in [-0.39, 0.29) is 0 Å². The van der Waals surface area contributed by atoms with Crippen molar-refractivity contribution in [2.24, 2.45) is 0 Å². The predicted molar refractivity (Wildman–Crippen MR) is 81.4 cm³/mol. The fraction of sp³-hybridized carbons (Fsp3) is 0.118. The second-order valence-electron chi connectivity index (χ2n) is 4.58. The Kier molecular flexibility index (Phi) is 5.03. The normalized spacial score (nSPS) is 11.3. The second-order valence-corrected chi connectivity index (χ2v) is 4.58. The Bertz CT molecular complexity index is 668. The molecule has 1 unspecified atom stereocenters. The van der Waals surface area contributed by atoms with Crippen LogP contribution in [0.2, 0.25) is 0 Å². The Labute approximate surface area is 127 Å². The molecule has 2 aromatic rings. The molecule has 0 saturated heterocycles. The molecule has 0 heterocycles. The molecule has 0 aliphatic heterocycles. The van der Waals surface area contributed by atoms with E-state index in [1.807, 2.05) is 0 Å². The molecule has 0 fully saturated rings. The summed E-state index contributed by atoms with van der Waals surface area (Å²) in [4.78, 5) is 35.8. The van der Waals surface area contributed by atoms with Crippen molar-refractivity contribution in [3.8, 4) is 0 Å². The van der Waals surface area contributed by atoms with Gasteiger partial charge in [0.05, 0.1) is 0 Å². The molecule has 0 spiro atoms. The third-order valence-electron chi connectivity index (χ3n) is 2.86. The van der Waals surface area contributed by atoms with Gasteiger partial charge in [0.15, 0.2) is 0 Å². The van der Waals surface area contributed by atoms with E-state index in [2.05, 4.69) is 5.32 Å². The topological polar surface area (TPSA) is 72.5 Å². The van der Waals surface area contributed by atoms with E-state index in [1.165, 1.54) is 0 Å². The van der Waals surface area contributed by atoms with Crippen molar-refractivity contribution in [3.63, 3.8) is 0 Å². The largest absolute Gasteiger partial charge is 0.444 e. The second kappa shape index (κ2) is 7.17. The lowest BCUT2D eigenvalue weighted by atomic mass is 10.1. The average Bonchev–Trinajstić information content (AvgIpc) is 2.53. The van der Waals surface area contributed by atoms with Gasteiger partial charge in [0, 0.05) is 18.2 Å². The van der Waals surface area contributed by atoms with Gasteiger partial charge in [-0.1, -0.05) is 48.5 Å². The third-order valence-corrected chi connectivity index (χ3v) is 2.86. The van der Waals surface area contributed by atoms with Crippen molar-refractivity contribution in [2.45, 2.75) is 13.0 Å². The highest BCUT2D eigenvalue weighted by molar-refractivity contribution is 6.16. The molecule has 2 aromatic carbocycles. The average molecular weight is 297 g/mol. The van der Waals surface area contributed by atoms with Crippen molar-refractivity contribution in [1.82, 2.24) is 0 Å². The lowest BCUT2D eigenvalue weighted by molar-refractivity contribution is -0.149. The van der Waals surface area contributed by atoms with Crippen LogP contribution in [0.1, 0.15) is 17.3 Å². The summed E-state index contributed by atoms with van der Waals surface area (Å²) in [5.41, 5.74) is 0.822. The first-order valence-corrected chi connectivity index (χ1v) is 6.70. The molecule has 5 nitrogen and oxygen atoms in total. The summed E-state index contributed by atoms with van der Waals surface area (Å²) in [6.45, 7) is 1.15. The van der Waals surface area contributed by atoms with Gasteiger partial charge in [0.1, 0.15) is 0 Å². The van der Waals surface area contributed by atoms with Crippen LogP contribution in [0.5, 0.6) is 0 Å². The van der Waals surface area contributed by atoms with Gasteiger partial charge in [0.25, 0.3) is 5.91 Å². The van der Waals surface area contributed by atoms with E-state index in [0.717, 1.165) is 6.92 Å². The molecule has 1 atom stereocenters. The van der Waals surface area contributed by atoms with Crippen LogP contribution in [0.4, 0.5) is 5.69 Å². The molecular weight excluding hydrogens is 282 g/mol. The minimum Gasteiger partial charge on any atom is -0.444 e. The lowest BCUT2D eigenvalue weighted by Gasteiger charge is -2.15. The number of rotatable bonds is 5. The van der Waals surface area contributed by atoms with Crippen LogP contribution in [0.3, 0.4) is 0 Å². The first kappa shape index (κ1) is 15.4. The van der Waals surface area contributed by atoms with Crippen molar-refractivity contribution in [1.29, 1.82) is 0 Å². The Morgan fingerprint density at radius 1 is 0.909 bits per heavy atom. The summed E-state index contributed by atoms with van der Waals surface area (Å²) in [7, 11) is 0. The number of ketones is 1. The number of anilines is 1. The molecule has 2 rings (SSSR count). The minimum absolute atomic E-state index is 0.303. The monoisotopic (exact) mass is 297 g/mol. The number of hydrogen-bond donors (Lipinski definition) is 1. The predicted octanol–water partition coefficient (Wildman–Crippen LogP) is 2.44. The van der Waals surface area contributed by atoms with Gasteiger partial charge < -0.3 is 10.1 Å². The van der Waals surface area contributed by atoms with E-state index < -0.39 is 23.8 Å². The molecule has 1 amide bonds. The van der Waals surface area contributed by atoms with Crippen molar-refractivity contribution >= 4 is 23.3 Å². The van der Waals surface area contributed by atoms with E-state index in [4.69, 9.17) is 4.74 Å². The van der Waals surface area contributed by atoms with Crippen LogP contribution >= 0.6 is 0 Å². The number of nitrogens with one attached hydrogen (secondary N) is 1. The first-order chi connectivity index (χ1) is 10.6. The lowest BCUT2D eigenvalue weighted by Crippen LogP contribution is -2.38. The van der Waals surface area contributed by atoms with Gasteiger partial charge in [-0.25, -0.2) is 0 Å². The quantitative estimate of drug-likeness (QED) is 0.522. The number of para-hydroxylation sites is 1. The molecule has 0 aliphatic carbocycles. The van der Waals surface area contributed by atoms with Crippen molar-refractivity contribution in [3.05, 3.63) is 66.2 Å². The van der Waals surface area contributed by atoms with Crippen LogP contribution < -0.4 is 5.32 Å². The Balaban J connectivity index is 2.20. The number of Topliss-reactive ketones (excluding diaryl/α,β-unsaturated/α-hetero) is 1. The number of benzene rings is 2. The fourth-order valence-electron chi connectivity index (χ4n) is 1.88. The summed E-state index contributed by atoms with van der Waals surface area (Å²) < 4.78 is 4.90. The van der Waals surface area contributed by atoms with Gasteiger partial charge in [-0.2, -0.15) is 0 Å². The Hall–Kier alpha value is -2.95. The summed E-state index contributed by atoms with van der Waals surface area (Å²) >= 11 is 0. The van der Waals surface area contributed by atoms with Crippen molar-refractivity contribution in [2.75, 3.05) is 5.32 Å². The van der Waals surface area contributed by atoms with Crippen LogP contribution in [-0.4, -0.2) is 23.8 Å². The zero-order valence-electron chi connectivity index (χ0n) is 12.0. The summed E-state index contributed by atoms with van der Waals surface area (Å²) in [6, 6.07) is 16.9. The smallest absolute Gasteiger partial charge is 0.303 e. The maximum absolute atomic E-state index is 12.4. The molecule has 0 aliphatic rings. The van der Waals surface area contributed by atoms with E-state index in [1.54, 1.807) is 60.7 Å². The maximum Gasteiger partial charge on any atom is 0.303 e. The molecule has 112 valence electrons. The molecule has 0 radical (unpaired) electrons. The van der Waals surface area contributed by atoms with Crippen LogP contribution in [0, 0.1) is 0 Å². The Morgan fingerprint density at radius 3 is 2.00 bits per heavy atom. The molecule has 5 heteroatoms. The first-order valence-electron chi connectivity index (χ1n) is 6.70. The number of carbonyl (C=O) groups excluding carboxylic acids is 3. The van der Waals surface area contributed by atoms with Gasteiger partial charge in [-0.05, 0) is 12.1 Å². The molecule has 0 saturated carbocycles. The zero-order chi connectivity index (χ0) is 15.9. The highest BCUT2D eigenvalue weighted by Crippen LogP contribution is 2.11. The molecule has 1 N–H and O–H groups in total. The number of esters is 1. The van der Waals surface area contributed by atoms with E-state index >= 15 is 0 Å². The van der Waals surface area contributed by atoms with Gasteiger partial charge >= 0.3 is 5.97 Å². The maximum atomic E-state index is 12.4. The van der Waals surface area contributed by atoms with Crippen LogP contribution in [0.25, 0.3) is 0 Å². The highest BCUT2D eigenvalue weighted by Gasteiger charge is 2.30. The number of carbonyl (C=O) groups is 3. The van der Waals surface area contributed by atoms with Crippen LogP contribution in [-0.2, 0) is 14.3 Å². The van der Waals surface area contributed by atoms with E-state index in [0.29, 0.717) is 11.3 Å². The van der Waals surface area contributed by atoms with Crippen molar-refractivity contribution < 1.29 is 19.1 Å². The fourth-order valence-corrected chi connectivity index (χ4v) is 1.88. The summed E-state index contributed by atoms with van der Waals surface area (Å²) in [6.07, 6.45) is -1.51. The third kappa shape index (κ3) is 4.02. The number of amides is 1.